The third-order valence-electron chi connectivity index (χ3n) is 3.49. The highest BCUT2D eigenvalue weighted by atomic mass is 32.2. The summed E-state index contributed by atoms with van der Waals surface area (Å²) < 4.78 is 7.09. The maximum Gasteiger partial charge on any atom is 0.338 e. The normalized spacial score (nSPS) is 11.2. The molecule has 0 radical (unpaired) electrons. The van der Waals surface area contributed by atoms with Gasteiger partial charge in [0.1, 0.15) is 0 Å². The number of ether oxygens (including phenoxy) is 1. The quantitative estimate of drug-likeness (QED) is 0.273. The van der Waals surface area contributed by atoms with Crippen molar-refractivity contribution in [2.45, 2.75) is 24.3 Å². The number of esters is 1. The fraction of sp³-hybridized carbons (Fsp3) is 0.200. The number of carbonyl (C=O) groups is 2. The molecular formula is C20H19N3O3S2. The number of nitrogens with zero attached hydrogens (tertiary/aromatic N) is 2. The number of hydrazone groups is 1. The Kier molecular flexibility index (Phi) is 6.78. The summed E-state index contributed by atoms with van der Waals surface area (Å²) in [5.41, 5.74) is 4.67. The number of amides is 1. The first-order valence-corrected chi connectivity index (χ1v) is 10.4. The minimum Gasteiger partial charge on any atom is -0.459 e. The third kappa shape index (κ3) is 5.64. The molecule has 0 aliphatic heterocycles. The van der Waals surface area contributed by atoms with E-state index in [0.29, 0.717) is 5.56 Å². The molecule has 8 heteroatoms. The van der Waals surface area contributed by atoms with Gasteiger partial charge in [0.2, 0.25) is 0 Å². The summed E-state index contributed by atoms with van der Waals surface area (Å²) in [6.45, 7) is 3.60. The molecule has 0 saturated heterocycles. The predicted octanol–water partition coefficient (Wildman–Crippen LogP) is 4.10. The third-order valence-corrected chi connectivity index (χ3v) is 5.67. The molecule has 0 aliphatic rings. The Balaban J connectivity index is 1.47. The largest absolute Gasteiger partial charge is 0.459 e. The molecule has 0 unspecified atom stereocenters. The first kappa shape index (κ1) is 20.0. The van der Waals surface area contributed by atoms with Crippen LogP contribution in [0.4, 0.5) is 0 Å². The van der Waals surface area contributed by atoms with Crippen LogP contribution in [-0.2, 0) is 9.53 Å². The van der Waals surface area contributed by atoms with Crippen molar-refractivity contribution in [1.82, 2.24) is 10.4 Å². The summed E-state index contributed by atoms with van der Waals surface area (Å²) >= 11 is 2.94. The maximum absolute atomic E-state index is 11.9. The highest BCUT2D eigenvalue weighted by molar-refractivity contribution is 8.01. The zero-order valence-corrected chi connectivity index (χ0v) is 17.0. The average Bonchev–Trinajstić information content (AvgIpc) is 3.09. The van der Waals surface area contributed by atoms with Crippen molar-refractivity contribution in [2.75, 3.05) is 5.75 Å². The number of nitrogens with one attached hydrogen (secondary N) is 1. The molecule has 3 aromatic rings. The predicted molar refractivity (Wildman–Crippen MR) is 113 cm³/mol. The number of hydrogen-bond acceptors (Lipinski definition) is 7. The van der Waals surface area contributed by atoms with E-state index in [1.165, 1.54) is 18.0 Å². The van der Waals surface area contributed by atoms with Gasteiger partial charge in [0, 0.05) is 0 Å². The molecule has 1 aromatic heterocycles. The average molecular weight is 414 g/mol. The zero-order valence-electron chi connectivity index (χ0n) is 15.4. The van der Waals surface area contributed by atoms with E-state index in [4.69, 9.17) is 4.74 Å². The van der Waals surface area contributed by atoms with Crippen LogP contribution in [0.5, 0.6) is 0 Å². The second-order valence-electron chi connectivity index (χ2n) is 6.11. The van der Waals surface area contributed by atoms with Crippen molar-refractivity contribution >= 4 is 51.4 Å². The van der Waals surface area contributed by atoms with Crippen LogP contribution in [0.15, 0.2) is 58.0 Å². The van der Waals surface area contributed by atoms with E-state index in [9.17, 15) is 9.59 Å². The van der Waals surface area contributed by atoms with Crippen LogP contribution in [-0.4, -0.2) is 34.9 Å². The number of fused-ring (bicyclic) bond motifs is 1. The topological polar surface area (TPSA) is 80.6 Å². The molecule has 28 heavy (non-hydrogen) atoms. The van der Waals surface area contributed by atoms with Gasteiger partial charge < -0.3 is 4.74 Å². The minimum atomic E-state index is -0.362. The number of hydrogen-bond donors (Lipinski definition) is 1. The molecule has 0 atom stereocenters. The Morgan fingerprint density at radius 3 is 2.68 bits per heavy atom. The SMILES string of the molecule is CC(C)OC(=O)c1ccc(/C=N/NC(=O)CSc2nc3ccccc3s2)cc1. The second-order valence-corrected chi connectivity index (χ2v) is 8.36. The molecule has 6 nitrogen and oxygen atoms in total. The molecule has 0 saturated carbocycles. The molecule has 144 valence electrons. The van der Waals surface area contributed by atoms with E-state index in [1.807, 2.05) is 24.3 Å². The van der Waals surface area contributed by atoms with Crippen LogP contribution in [0.3, 0.4) is 0 Å². The molecule has 0 spiro atoms. The number of carbonyl (C=O) groups excluding carboxylic acids is 2. The van der Waals surface area contributed by atoms with Gasteiger partial charge in [0.05, 0.1) is 33.9 Å². The van der Waals surface area contributed by atoms with Crippen molar-refractivity contribution in [3.63, 3.8) is 0 Å². The highest BCUT2D eigenvalue weighted by Crippen LogP contribution is 2.28. The molecule has 1 amide bonds. The Morgan fingerprint density at radius 1 is 1.21 bits per heavy atom. The minimum absolute atomic E-state index is 0.162. The van der Waals surface area contributed by atoms with E-state index < -0.39 is 0 Å². The number of thiazole rings is 1. The van der Waals surface area contributed by atoms with Crippen molar-refractivity contribution < 1.29 is 14.3 Å². The van der Waals surface area contributed by atoms with E-state index in [0.717, 1.165) is 20.1 Å². The molecule has 0 aliphatic carbocycles. The molecule has 0 bridgehead atoms. The molecule has 0 fully saturated rings. The summed E-state index contributed by atoms with van der Waals surface area (Å²) in [6.07, 6.45) is 1.36. The maximum atomic E-state index is 11.9. The lowest BCUT2D eigenvalue weighted by molar-refractivity contribution is -0.118. The van der Waals surface area contributed by atoms with Crippen molar-refractivity contribution in [1.29, 1.82) is 0 Å². The van der Waals surface area contributed by atoms with Crippen LogP contribution < -0.4 is 5.43 Å². The van der Waals surface area contributed by atoms with E-state index >= 15 is 0 Å². The van der Waals surface area contributed by atoms with Crippen LogP contribution in [0.2, 0.25) is 0 Å². The summed E-state index contributed by atoms with van der Waals surface area (Å²) in [5.74, 6) is -0.340. The smallest absolute Gasteiger partial charge is 0.338 e. The fourth-order valence-electron chi connectivity index (χ4n) is 2.24. The number of thioether (sulfide) groups is 1. The van der Waals surface area contributed by atoms with Crippen molar-refractivity contribution in [3.05, 3.63) is 59.7 Å². The highest BCUT2D eigenvalue weighted by Gasteiger charge is 2.09. The van der Waals surface area contributed by atoms with Crippen molar-refractivity contribution in [2.24, 2.45) is 5.10 Å². The second kappa shape index (κ2) is 9.48. The van der Waals surface area contributed by atoms with Gasteiger partial charge in [-0.1, -0.05) is 36.0 Å². The van der Waals surface area contributed by atoms with Gasteiger partial charge in [-0.3, -0.25) is 4.79 Å². The fourth-order valence-corrected chi connectivity index (χ4v) is 4.10. The van der Waals surface area contributed by atoms with Crippen LogP contribution >= 0.6 is 23.1 Å². The summed E-state index contributed by atoms with van der Waals surface area (Å²) in [5, 5.41) is 3.95. The Labute approximate surface area is 171 Å². The molecule has 2 aromatic carbocycles. The van der Waals surface area contributed by atoms with Gasteiger partial charge in [0.25, 0.3) is 5.91 Å². The van der Waals surface area contributed by atoms with Gasteiger partial charge in [-0.05, 0) is 43.7 Å². The monoisotopic (exact) mass is 413 g/mol. The Hall–Kier alpha value is -2.71. The summed E-state index contributed by atoms with van der Waals surface area (Å²) in [6, 6.07) is 14.7. The number of rotatable bonds is 7. The number of aromatic nitrogens is 1. The first-order valence-electron chi connectivity index (χ1n) is 8.62. The number of benzene rings is 2. The van der Waals surface area contributed by atoms with Crippen LogP contribution in [0.25, 0.3) is 10.2 Å². The molecule has 1 heterocycles. The van der Waals surface area contributed by atoms with E-state index in [1.54, 1.807) is 49.4 Å². The summed E-state index contributed by atoms with van der Waals surface area (Å²) in [7, 11) is 0. The van der Waals surface area contributed by atoms with Gasteiger partial charge in [-0.15, -0.1) is 11.3 Å². The number of para-hydroxylation sites is 1. The molecule has 1 N–H and O–H groups in total. The van der Waals surface area contributed by atoms with Gasteiger partial charge >= 0.3 is 5.97 Å². The van der Waals surface area contributed by atoms with Crippen molar-refractivity contribution in [3.8, 4) is 0 Å². The lowest BCUT2D eigenvalue weighted by atomic mass is 10.1. The molecule has 3 rings (SSSR count). The van der Waals surface area contributed by atoms with Gasteiger partial charge in [0.15, 0.2) is 4.34 Å². The Bertz CT molecular complexity index is 964. The van der Waals surface area contributed by atoms with Crippen LogP contribution in [0.1, 0.15) is 29.8 Å². The lowest BCUT2D eigenvalue weighted by Gasteiger charge is -2.07. The van der Waals surface area contributed by atoms with E-state index in [-0.39, 0.29) is 23.7 Å². The molecular weight excluding hydrogens is 394 g/mol. The standard InChI is InChI=1S/C20H19N3O3S2/c1-13(2)26-19(25)15-9-7-14(8-10-15)11-21-23-18(24)12-27-20-22-16-5-3-4-6-17(16)28-20/h3-11,13H,12H2,1-2H3,(H,23,24)/b21-11+. The van der Waals surface area contributed by atoms with Gasteiger partial charge in [-0.2, -0.15) is 5.10 Å². The lowest BCUT2D eigenvalue weighted by Crippen LogP contribution is -2.19. The Morgan fingerprint density at radius 2 is 1.96 bits per heavy atom. The van der Waals surface area contributed by atoms with Gasteiger partial charge in [-0.25, -0.2) is 15.2 Å². The summed E-state index contributed by atoms with van der Waals surface area (Å²) in [4.78, 5) is 28.2. The zero-order chi connectivity index (χ0) is 19.9. The first-order chi connectivity index (χ1) is 13.5. The van der Waals surface area contributed by atoms with E-state index in [2.05, 4.69) is 15.5 Å². The van der Waals surface area contributed by atoms with Crippen LogP contribution in [0, 0.1) is 0 Å².